The zero-order valence-electron chi connectivity index (χ0n) is 17.2. The minimum absolute atomic E-state index is 0.171. The van der Waals surface area contributed by atoms with Gasteiger partial charge in [0.25, 0.3) is 5.91 Å². The monoisotopic (exact) mass is 461 g/mol. The summed E-state index contributed by atoms with van der Waals surface area (Å²) >= 11 is 7.22. The van der Waals surface area contributed by atoms with Crippen LogP contribution in [-0.2, 0) is 4.79 Å². The Morgan fingerprint density at radius 1 is 0.906 bits per heavy atom. The molecule has 4 rings (SSSR count). The van der Waals surface area contributed by atoms with Crippen molar-refractivity contribution in [3.8, 4) is 0 Å². The summed E-state index contributed by atoms with van der Waals surface area (Å²) in [6, 6.07) is 24.3. The Hall–Kier alpha value is -3.35. The van der Waals surface area contributed by atoms with E-state index in [1.807, 2.05) is 73.7 Å². The first-order valence-electron chi connectivity index (χ1n) is 9.97. The number of amides is 2. The van der Waals surface area contributed by atoms with E-state index < -0.39 is 0 Å². The van der Waals surface area contributed by atoms with Crippen molar-refractivity contribution in [2.75, 3.05) is 10.6 Å². The van der Waals surface area contributed by atoms with Crippen LogP contribution < -0.4 is 10.6 Å². The van der Waals surface area contributed by atoms with Gasteiger partial charge in [0.05, 0.1) is 10.3 Å². The van der Waals surface area contributed by atoms with Gasteiger partial charge in [-0.1, -0.05) is 48.0 Å². The number of rotatable bonds is 6. The number of thioether (sulfide) groups is 1. The zero-order valence-corrected chi connectivity index (χ0v) is 18.8. The molecule has 0 fully saturated rings. The fourth-order valence-electron chi connectivity index (χ4n) is 3.12. The van der Waals surface area contributed by atoms with E-state index in [2.05, 4.69) is 15.6 Å². The summed E-state index contributed by atoms with van der Waals surface area (Å²) in [5, 5.41) is 7.95. The fourth-order valence-corrected chi connectivity index (χ4v) is 4.15. The minimum Gasteiger partial charge on any atom is -0.322 e. The normalized spacial score (nSPS) is 11.7. The molecule has 0 aliphatic rings. The van der Waals surface area contributed by atoms with Crippen molar-refractivity contribution in [3.63, 3.8) is 0 Å². The van der Waals surface area contributed by atoms with Crippen molar-refractivity contribution in [1.29, 1.82) is 0 Å². The highest BCUT2D eigenvalue weighted by molar-refractivity contribution is 8.00. The van der Waals surface area contributed by atoms with Gasteiger partial charge in [-0.3, -0.25) is 9.59 Å². The van der Waals surface area contributed by atoms with Crippen LogP contribution in [0.15, 0.2) is 90.0 Å². The highest BCUT2D eigenvalue weighted by Crippen LogP contribution is 2.27. The van der Waals surface area contributed by atoms with Crippen LogP contribution in [0, 0.1) is 0 Å². The predicted molar refractivity (Wildman–Crippen MR) is 132 cm³/mol. The summed E-state index contributed by atoms with van der Waals surface area (Å²) in [5.41, 5.74) is 1.25. The summed E-state index contributed by atoms with van der Waals surface area (Å²) < 4.78 is 0. The first-order chi connectivity index (χ1) is 15.5. The lowest BCUT2D eigenvalue weighted by Crippen LogP contribution is -2.22. The van der Waals surface area contributed by atoms with Gasteiger partial charge in [0.15, 0.2) is 0 Å². The van der Waals surface area contributed by atoms with E-state index in [4.69, 9.17) is 11.6 Å². The van der Waals surface area contributed by atoms with Gasteiger partial charge in [-0.25, -0.2) is 4.98 Å². The summed E-state index contributed by atoms with van der Waals surface area (Å²) in [6.45, 7) is 1.82. The first-order valence-corrected chi connectivity index (χ1v) is 11.2. The molecule has 1 atom stereocenters. The average Bonchev–Trinajstić information content (AvgIpc) is 2.80. The third-order valence-electron chi connectivity index (χ3n) is 4.76. The second kappa shape index (κ2) is 9.85. The molecular formula is C25H20ClN3O2S. The van der Waals surface area contributed by atoms with Gasteiger partial charge in [0, 0.05) is 22.3 Å². The van der Waals surface area contributed by atoms with E-state index in [-0.39, 0.29) is 17.1 Å². The van der Waals surface area contributed by atoms with E-state index >= 15 is 0 Å². The minimum atomic E-state index is -0.362. The largest absolute Gasteiger partial charge is 0.322 e. The van der Waals surface area contributed by atoms with E-state index in [1.165, 1.54) is 18.0 Å². The maximum atomic E-state index is 12.7. The topological polar surface area (TPSA) is 71.1 Å². The van der Waals surface area contributed by atoms with Crippen LogP contribution in [-0.4, -0.2) is 22.0 Å². The lowest BCUT2D eigenvalue weighted by atomic mass is 10.1. The molecule has 5 nitrogen and oxygen atoms in total. The Morgan fingerprint density at radius 2 is 1.72 bits per heavy atom. The molecule has 32 heavy (non-hydrogen) atoms. The Kier molecular flexibility index (Phi) is 6.73. The molecule has 0 radical (unpaired) electrons. The van der Waals surface area contributed by atoms with Gasteiger partial charge >= 0.3 is 0 Å². The lowest BCUT2D eigenvalue weighted by molar-refractivity contribution is -0.115. The number of hydrogen-bond donors (Lipinski definition) is 2. The molecule has 0 spiro atoms. The summed E-state index contributed by atoms with van der Waals surface area (Å²) in [4.78, 5) is 30.2. The van der Waals surface area contributed by atoms with Crippen molar-refractivity contribution in [2.24, 2.45) is 0 Å². The Balaban J connectivity index is 1.40. The maximum Gasteiger partial charge on any atom is 0.255 e. The number of carbonyl (C=O) groups is 2. The quantitative estimate of drug-likeness (QED) is 0.332. The standard InChI is InChI=1S/C25H20ClN3O2S/c1-16(24(30)29-23-12-11-20(26)15-27-23)32-22-8-4-7-21(14-22)28-25(31)19-10-9-17-5-2-3-6-18(17)13-19/h2-16H,1H3,(H,28,31)(H,27,29,30). The van der Waals surface area contributed by atoms with Crippen molar-refractivity contribution in [1.82, 2.24) is 4.98 Å². The molecule has 0 aliphatic carbocycles. The number of nitrogens with zero attached hydrogens (tertiary/aromatic N) is 1. The summed E-state index contributed by atoms with van der Waals surface area (Å²) in [6.07, 6.45) is 1.48. The zero-order chi connectivity index (χ0) is 22.5. The van der Waals surface area contributed by atoms with Gasteiger partial charge in [0.1, 0.15) is 5.82 Å². The summed E-state index contributed by atoms with van der Waals surface area (Å²) in [7, 11) is 0. The number of hydrogen-bond acceptors (Lipinski definition) is 4. The summed E-state index contributed by atoms with van der Waals surface area (Å²) in [5.74, 6) is 0.0937. The second-order valence-electron chi connectivity index (χ2n) is 7.15. The average molecular weight is 462 g/mol. The van der Waals surface area contributed by atoms with E-state index in [0.717, 1.165) is 15.7 Å². The van der Waals surface area contributed by atoms with Crippen LogP contribution in [0.3, 0.4) is 0 Å². The number of fused-ring (bicyclic) bond motifs is 1. The fraction of sp³-hybridized carbons (Fsp3) is 0.0800. The van der Waals surface area contributed by atoms with Crippen molar-refractivity contribution >= 4 is 57.5 Å². The van der Waals surface area contributed by atoms with Crippen molar-refractivity contribution in [2.45, 2.75) is 17.1 Å². The predicted octanol–water partition coefficient (Wildman–Crippen LogP) is 6.26. The van der Waals surface area contributed by atoms with Crippen molar-refractivity contribution in [3.05, 3.63) is 95.6 Å². The number of nitrogens with one attached hydrogen (secondary N) is 2. The third kappa shape index (κ3) is 5.46. The molecule has 0 saturated heterocycles. The van der Waals surface area contributed by atoms with Gasteiger partial charge in [0.2, 0.25) is 5.91 Å². The van der Waals surface area contributed by atoms with Gasteiger partial charge in [-0.05, 0) is 60.2 Å². The van der Waals surface area contributed by atoms with E-state index in [1.54, 1.807) is 12.1 Å². The van der Waals surface area contributed by atoms with Gasteiger partial charge < -0.3 is 10.6 Å². The molecule has 1 aromatic heterocycles. The molecule has 0 bridgehead atoms. The molecule has 4 aromatic rings. The van der Waals surface area contributed by atoms with Crippen LogP contribution in [0.25, 0.3) is 10.8 Å². The molecule has 2 N–H and O–H groups in total. The van der Waals surface area contributed by atoms with Gasteiger partial charge in [-0.15, -0.1) is 11.8 Å². The molecule has 1 heterocycles. The Bertz CT molecular complexity index is 1280. The molecule has 0 aliphatic heterocycles. The van der Waals surface area contributed by atoms with E-state index in [0.29, 0.717) is 22.1 Å². The first kappa shape index (κ1) is 21.9. The van der Waals surface area contributed by atoms with Crippen LogP contribution >= 0.6 is 23.4 Å². The number of anilines is 2. The Labute approximate surface area is 195 Å². The van der Waals surface area contributed by atoms with Gasteiger partial charge in [-0.2, -0.15) is 0 Å². The number of benzene rings is 3. The number of aromatic nitrogens is 1. The molecule has 1 unspecified atom stereocenters. The lowest BCUT2D eigenvalue weighted by Gasteiger charge is -2.13. The number of pyridine rings is 1. The molecule has 3 aromatic carbocycles. The van der Waals surface area contributed by atoms with Crippen LogP contribution in [0.1, 0.15) is 17.3 Å². The van der Waals surface area contributed by atoms with Crippen molar-refractivity contribution < 1.29 is 9.59 Å². The second-order valence-corrected chi connectivity index (χ2v) is 9.01. The van der Waals surface area contributed by atoms with Crippen LogP contribution in [0.5, 0.6) is 0 Å². The number of carbonyl (C=O) groups excluding carboxylic acids is 2. The Morgan fingerprint density at radius 3 is 2.50 bits per heavy atom. The van der Waals surface area contributed by atoms with Crippen LogP contribution in [0.2, 0.25) is 5.02 Å². The SMILES string of the molecule is CC(Sc1cccc(NC(=O)c2ccc3ccccc3c2)c1)C(=O)Nc1ccc(Cl)cn1. The molecular weight excluding hydrogens is 442 g/mol. The number of halogens is 1. The smallest absolute Gasteiger partial charge is 0.255 e. The van der Waals surface area contributed by atoms with E-state index in [9.17, 15) is 9.59 Å². The molecule has 160 valence electrons. The highest BCUT2D eigenvalue weighted by Gasteiger charge is 2.16. The maximum absolute atomic E-state index is 12.7. The highest BCUT2D eigenvalue weighted by atomic mass is 35.5. The van der Waals surface area contributed by atoms with Crippen LogP contribution in [0.4, 0.5) is 11.5 Å². The molecule has 2 amide bonds. The third-order valence-corrected chi connectivity index (χ3v) is 6.08. The molecule has 0 saturated carbocycles. The molecule has 7 heteroatoms.